The number of hydrogen-bond donors (Lipinski definition) is 1. The number of benzene rings is 1. The van der Waals surface area contributed by atoms with Gasteiger partial charge in [0.25, 0.3) is 5.91 Å². The fourth-order valence-corrected chi connectivity index (χ4v) is 2.26. The lowest BCUT2D eigenvalue weighted by Crippen LogP contribution is -2.46. The number of amides is 1. The number of rotatable bonds is 3. The van der Waals surface area contributed by atoms with E-state index in [2.05, 4.69) is 12.2 Å². The molecule has 1 aliphatic rings. The quantitative estimate of drug-likeness (QED) is 0.866. The maximum Gasteiger partial charge on any atom is 0.399 e. The number of thiocarbonyl (C=S) groups is 1. The van der Waals surface area contributed by atoms with Gasteiger partial charge in [-0.1, -0.05) is 24.4 Å². The number of halogens is 3. The summed E-state index contributed by atoms with van der Waals surface area (Å²) in [6, 6.07) is 6.43. The lowest BCUT2D eigenvalue weighted by atomic mass is 10.1. The molecule has 0 radical (unpaired) electrons. The van der Waals surface area contributed by atoms with Crippen molar-refractivity contribution >= 4 is 23.1 Å². The van der Waals surface area contributed by atoms with E-state index in [0.717, 1.165) is 4.90 Å². The van der Waals surface area contributed by atoms with E-state index < -0.39 is 29.5 Å². The maximum absolute atomic E-state index is 12.9. The Labute approximate surface area is 124 Å². The van der Waals surface area contributed by atoms with Gasteiger partial charge in [-0.2, -0.15) is 13.2 Å². The van der Waals surface area contributed by atoms with Gasteiger partial charge in [0.15, 0.2) is 0 Å². The van der Waals surface area contributed by atoms with Crippen LogP contribution in [0.5, 0.6) is 5.75 Å². The van der Waals surface area contributed by atoms with E-state index in [4.69, 9.17) is 10.5 Å². The molecule has 1 atom stereocenters. The minimum absolute atomic E-state index is 0.0444. The Morgan fingerprint density at radius 1 is 1.43 bits per heavy atom. The second-order valence-corrected chi connectivity index (χ2v) is 5.06. The number of nitrogens with zero attached hydrogens (tertiary/aromatic N) is 1. The van der Waals surface area contributed by atoms with Crippen molar-refractivity contribution in [3.05, 3.63) is 29.8 Å². The molecule has 1 unspecified atom stereocenters. The summed E-state index contributed by atoms with van der Waals surface area (Å²) in [4.78, 5) is 12.7. The molecule has 8 heteroatoms. The molecule has 0 aromatic heterocycles. The van der Waals surface area contributed by atoms with Crippen LogP contribution in [0.25, 0.3) is 0 Å². The fraction of sp³-hybridized carbons (Fsp3) is 0.385. The number of carbonyl (C=O) groups is 1. The van der Waals surface area contributed by atoms with E-state index in [1.54, 1.807) is 18.2 Å². The van der Waals surface area contributed by atoms with Crippen molar-refractivity contribution in [2.45, 2.75) is 6.18 Å². The molecule has 114 valence electrons. The van der Waals surface area contributed by atoms with Gasteiger partial charge in [0.2, 0.25) is 0 Å². The molecule has 2 rings (SSSR count). The predicted octanol–water partition coefficient (Wildman–Crippen LogP) is 1.99. The molecule has 2 N–H and O–H groups in total. The van der Waals surface area contributed by atoms with Crippen LogP contribution in [0, 0.1) is 5.92 Å². The molecule has 4 nitrogen and oxygen atoms in total. The Hall–Kier alpha value is -1.83. The summed E-state index contributed by atoms with van der Waals surface area (Å²) in [6.07, 6.45) is -4.58. The Morgan fingerprint density at radius 3 is 2.71 bits per heavy atom. The summed E-state index contributed by atoms with van der Waals surface area (Å²) in [5.74, 6) is -2.18. The van der Waals surface area contributed by atoms with Crippen LogP contribution in [0.3, 0.4) is 0 Å². The number of alkyl halides is 3. The number of para-hydroxylation sites is 1. The van der Waals surface area contributed by atoms with Crippen LogP contribution < -0.4 is 10.5 Å². The molecule has 0 bridgehead atoms. The van der Waals surface area contributed by atoms with Gasteiger partial charge >= 0.3 is 6.18 Å². The van der Waals surface area contributed by atoms with Crippen LogP contribution in [0.4, 0.5) is 13.2 Å². The lowest BCUT2D eigenvalue weighted by Gasteiger charge is -2.27. The zero-order chi connectivity index (χ0) is 15.6. The summed E-state index contributed by atoms with van der Waals surface area (Å²) >= 11 is 4.47. The summed E-state index contributed by atoms with van der Waals surface area (Å²) < 4.78 is 44.1. The standard InChI is InChI=1S/C13H13F3N2O2S/c14-13(15,16)9(11(17)21)7-18-5-6-20-10-4-2-1-3-8(10)12(18)19/h1-4,9H,5-7H2,(H2,17,21). The summed E-state index contributed by atoms with van der Waals surface area (Å²) in [5, 5.41) is 0. The maximum atomic E-state index is 12.9. The highest BCUT2D eigenvalue weighted by atomic mass is 32.1. The second kappa shape index (κ2) is 5.88. The van der Waals surface area contributed by atoms with E-state index in [1.807, 2.05) is 0 Å². The molecule has 0 saturated carbocycles. The Kier molecular flexibility index (Phi) is 4.36. The van der Waals surface area contributed by atoms with Crippen LogP contribution >= 0.6 is 12.2 Å². The SMILES string of the molecule is NC(=S)C(CN1CCOc2ccccc2C1=O)C(F)(F)F. The van der Waals surface area contributed by atoms with Gasteiger partial charge in [-0.25, -0.2) is 0 Å². The third kappa shape index (κ3) is 3.44. The number of hydrogen-bond acceptors (Lipinski definition) is 3. The first-order chi connectivity index (χ1) is 9.80. The normalized spacial score (nSPS) is 16.7. The Bertz CT molecular complexity index is 563. The highest BCUT2D eigenvalue weighted by molar-refractivity contribution is 7.80. The molecular formula is C13H13F3N2O2S. The average Bonchev–Trinajstić information content (AvgIpc) is 2.55. The number of ether oxygens (including phenoxy) is 1. The zero-order valence-corrected chi connectivity index (χ0v) is 11.7. The summed E-state index contributed by atoms with van der Waals surface area (Å²) in [7, 11) is 0. The van der Waals surface area contributed by atoms with E-state index in [-0.39, 0.29) is 18.7 Å². The molecule has 1 aliphatic heterocycles. The van der Waals surface area contributed by atoms with Crippen molar-refractivity contribution in [3.63, 3.8) is 0 Å². The monoisotopic (exact) mass is 318 g/mol. The van der Waals surface area contributed by atoms with Crippen LogP contribution in [-0.4, -0.2) is 41.7 Å². The average molecular weight is 318 g/mol. The van der Waals surface area contributed by atoms with Gasteiger partial charge < -0.3 is 15.4 Å². The summed E-state index contributed by atoms with van der Waals surface area (Å²) in [6.45, 7) is -0.442. The van der Waals surface area contributed by atoms with Gasteiger partial charge in [0, 0.05) is 6.54 Å². The molecule has 0 fully saturated rings. The Balaban J connectivity index is 2.25. The molecule has 0 aliphatic carbocycles. The van der Waals surface area contributed by atoms with Crippen molar-refractivity contribution in [2.75, 3.05) is 19.7 Å². The van der Waals surface area contributed by atoms with E-state index >= 15 is 0 Å². The highest BCUT2D eigenvalue weighted by Crippen LogP contribution is 2.29. The Morgan fingerprint density at radius 2 is 2.10 bits per heavy atom. The molecular weight excluding hydrogens is 305 g/mol. The van der Waals surface area contributed by atoms with Crippen LogP contribution in [-0.2, 0) is 0 Å². The topological polar surface area (TPSA) is 55.6 Å². The van der Waals surface area contributed by atoms with Crippen molar-refractivity contribution in [1.82, 2.24) is 4.90 Å². The van der Waals surface area contributed by atoms with Crippen molar-refractivity contribution in [2.24, 2.45) is 11.7 Å². The van der Waals surface area contributed by atoms with Crippen molar-refractivity contribution in [3.8, 4) is 5.75 Å². The van der Waals surface area contributed by atoms with Gasteiger partial charge in [0.1, 0.15) is 18.3 Å². The van der Waals surface area contributed by atoms with Crippen LogP contribution in [0.2, 0.25) is 0 Å². The van der Waals surface area contributed by atoms with E-state index in [1.165, 1.54) is 6.07 Å². The second-order valence-electron chi connectivity index (χ2n) is 4.59. The highest BCUT2D eigenvalue weighted by Gasteiger charge is 2.43. The fourth-order valence-electron chi connectivity index (χ4n) is 2.06. The molecule has 1 amide bonds. The number of carbonyl (C=O) groups excluding carboxylic acids is 1. The first kappa shape index (κ1) is 15.6. The minimum Gasteiger partial charge on any atom is -0.491 e. The van der Waals surface area contributed by atoms with Gasteiger partial charge in [0.05, 0.1) is 17.1 Å². The van der Waals surface area contributed by atoms with Crippen LogP contribution in [0.15, 0.2) is 24.3 Å². The molecule has 0 saturated heterocycles. The number of nitrogens with two attached hydrogens (primary N) is 1. The van der Waals surface area contributed by atoms with Crippen LogP contribution in [0.1, 0.15) is 10.4 Å². The summed E-state index contributed by atoms with van der Waals surface area (Å²) in [5.41, 5.74) is 5.40. The molecule has 1 aromatic carbocycles. The first-order valence-electron chi connectivity index (χ1n) is 6.18. The van der Waals surface area contributed by atoms with Gasteiger partial charge in [-0.05, 0) is 12.1 Å². The van der Waals surface area contributed by atoms with Gasteiger partial charge in [-0.3, -0.25) is 4.79 Å². The van der Waals surface area contributed by atoms with E-state index in [9.17, 15) is 18.0 Å². The lowest BCUT2D eigenvalue weighted by molar-refractivity contribution is -0.157. The predicted molar refractivity (Wildman–Crippen MR) is 74.2 cm³/mol. The van der Waals surface area contributed by atoms with Crippen molar-refractivity contribution < 1.29 is 22.7 Å². The third-order valence-electron chi connectivity index (χ3n) is 3.16. The molecule has 21 heavy (non-hydrogen) atoms. The molecule has 1 heterocycles. The van der Waals surface area contributed by atoms with Crippen molar-refractivity contribution in [1.29, 1.82) is 0 Å². The molecule has 0 spiro atoms. The smallest absolute Gasteiger partial charge is 0.399 e. The van der Waals surface area contributed by atoms with E-state index in [0.29, 0.717) is 5.75 Å². The third-order valence-corrected chi connectivity index (χ3v) is 3.45. The zero-order valence-electron chi connectivity index (χ0n) is 10.9. The van der Waals surface area contributed by atoms with Gasteiger partial charge in [-0.15, -0.1) is 0 Å². The minimum atomic E-state index is -4.58. The largest absolute Gasteiger partial charge is 0.491 e. The first-order valence-corrected chi connectivity index (χ1v) is 6.58. The number of fused-ring (bicyclic) bond motifs is 1. The molecule has 1 aromatic rings.